The molecule has 0 aliphatic carbocycles. The van der Waals surface area contributed by atoms with Crippen LogP contribution in [0.3, 0.4) is 0 Å². The van der Waals surface area contributed by atoms with Crippen molar-refractivity contribution in [2.24, 2.45) is 5.10 Å². The third kappa shape index (κ3) is 3.19. The van der Waals surface area contributed by atoms with E-state index in [1.807, 2.05) is 6.07 Å². The quantitative estimate of drug-likeness (QED) is 0.344. The second kappa shape index (κ2) is 6.28. The summed E-state index contributed by atoms with van der Waals surface area (Å²) in [6, 6.07) is 9.67. The van der Waals surface area contributed by atoms with Gasteiger partial charge in [0.2, 0.25) is 4.77 Å². The lowest BCUT2D eigenvalue weighted by Gasteiger charge is -2.00. The van der Waals surface area contributed by atoms with Crippen LogP contribution < -0.4 is 0 Å². The average Bonchev–Trinajstić information content (AvgIpc) is 2.95. The summed E-state index contributed by atoms with van der Waals surface area (Å²) in [6.45, 7) is 0. The molecular formula is C14H10N6O2S. The van der Waals surface area contributed by atoms with E-state index in [0.29, 0.717) is 16.2 Å². The van der Waals surface area contributed by atoms with Crippen molar-refractivity contribution < 1.29 is 4.92 Å². The van der Waals surface area contributed by atoms with Crippen molar-refractivity contribution in [3.05, 3.63) is 69.2 Å². The molecule has 0 atom stereocenters. The molecule has 0 fully saturated rings. The lowest BCUT2D eigenvalue weighted by atomic mass is 10.2. The van der Waals surface area contributed by atoms with Gasteiger partial charge in [0, 0.05) is 30.1 Å². The lowest BCUT2D eigenvalue weighted by molar-refractivity contribution is -0.384. The van der Waals surface area contributed by atoms with E-state index in [2.05, 4.69) is 20.3 Å². The second-order valence-corrected chi connectivity index (χ2v) is 4.89. The zero-order chi connectivity index (χ0) is 16.2. The number of nitro groups is 1. The van der Waals surface area contributed by atoms with Crippen molar-refractivity contribution in [2.75, 3.05) is 0 Å². The Hall–Kier alpha value is -3.20. The van der Waals surface area contributed by atoms with Gasteiger partial charge >= 0.3 is 0 Å². The Morgan fingerprint density at radius 2 is 2.09 bits per heavy atom. The van der Waals surface area contributed by atoms with Crippen LogP contribution in [0.1, 0.15) is 5.56 Å². The van der Waals surface area contributed by atoms with Crippen molar-refractivity contribution in [3.63, 3.8) is 0 Å². The molecule has 0 aliphatic heterocycles. The van der Waals surface area contributed by atoms with Gasteiger partial charge < -0.3 is 0 Å². The van der Waals surface area contributed by atoms with E-state index in [1.54, 1.807) is 36.8 Å². The Balaban J connectivity index is 1.93. The van der Waals surface area contributed by atoms with E-state index in [1.165, 1.54) is 16.8 Å². The molecule has 0 amide bonds. The van der Waals surface area contributed by atoms with Crippen LogP contribution in [0.2, 0.25) is 0 Å². The van der Waals surface area contributed by atoms with Gasteiger partial charge in [-0.15, -0.1) is 0 Å². The van der Waals surface area contributed by atoms with E-state index in [4.69, 9.17) is 12.2 Å². The smallest absolute Gasteiger partial charge is 0.264 e. The minimum absolute atomic E-state index is 0.0260. The molecule has 0 aliphatic rings. The Kier molecular flexibility index (Phi) is 4.02. The van der Waals surface area contributed by atoms with E-state index < -0.39 is 4.92 Å². The highest BCUT2D eigenvalue weighted by Gasteiger charge is 2.08. The fourth-order valence-electron chi connectivity index (χ4n) is 1.89. The summed E-state index contributed by atoms with van der Waals surface area (Å²) in [7, 11) is 0. The number of pyridine rings is 1. The van der Waals surface area contributed by atoms with Gasteiger partial charge in [-0.1, -0.05) is 0 Å². The van der Waals surface area contributed by atoms with Crippen molar-refractivity contribution in [3.8, 4) is 11.4 Å². The Labute approximate surface area is 135 Å². The number of aromatic amines is 1. The maximum Gasteiger partial charge on any atom is 0.269 e. The molecule has 0 saturated carbocycles. The first kappa shape index (κ1) is 14.7. The summed E-state index contributed by atoms with van der Waals surface area (Å²) in [5.74, 6) is 0.529. The van der Waals surface area contributed by atoms with Crippen LogP contribution in [0.15, 0.2) is 53.9 Å². The standard InChI is InChI=1S/C14H10N6O2S/c21-20(22)12-5-3-10(4-6-12)8-16-19-13(17-18-14(19)23)11-2-1-7-15-9-11/h1-9H,(H,18,23)/b16-8+. The largest absolute Gasteiger partial charge is 0.269 e. The molecule has 0 saturated heterocycles. The summed E-state index contributed by atoms with van der Waals surface area (Å²) in [5, 5.41) is 21.7. The molecule has 0 radical (unpaired) electrons. The number of benzene rings is 1. The van der Waals surface area contributed by atoms with Crippen LogP contribution in [-0.4, -0.2) is 31.0 Å². The molecule has 2 aromatic heterocycles. The molecule has 1 N–H and O–H groups in total. The molecule has 114 valence electrons. The SMILES string of the molecule is O=[N+]([O-])c1ccc(/C=N/n2c(-c3cccnc3)n[nH]c2=S)cc1. The van der Waals surface area contributed by atoms with Crippen molar-refractivity contribution >= 4 is 24.1 Å². The fraction of sp³-hybridized carbons (Fsp3) is 0. The number of rotatable bonds is 4. The Morgan fingerprint density at radius 1 is 1.30 bits per heavy atom. The van der Waals surface area contributed by atoms with Gasteiger partial charge in [0.15, 0.2) is 5.82 Å². The first-order valence-electron chi connectivity index (χ1n) is 6.52. The van der Waals surface area contributed by atoms with Gasteiger partial charge in [-0.05, 0) is 42.0 Å². The number of hydrogen-bond acceptors (Lipinski definition) is 6. The molecule has 3 rings (SSSR count). The molecule has 2 heterocycles. The number of H-pyrrole nitrogens is 1. The third-order valence-corrected chi connectivity index (χ3v) is 3.26. The highest BCUT2D eigenvalue weighted by atomic mass is 32.1. The highest BCUT2D eigenvalue weighted by molar-refractivity contribution is 7.71. The average molecular weight is 326 g/mol. The van der Waals surface area contributed by atoms with Gasteiger partial charge in [0.1, 0.15) is 0 Å². The van der Waals surface area contributed by atoms with E-state index in [9.17, 15) is 10.1 Å². The highest BCUT2D eigenvalue weighted by Crippen LogP contribution is 2.15. The van der Waals surface area contributed by atoms with Crippen LogP contribution in [0.5, 0.6) is 0 Å². The van der Waals surface area contributed by atoms with E-state index >= 15 is 0 Å². The summed E-state index contributed by atoms with van der Waals surface area (Å²) >= 11 is 5.16. The van der Waals surface area contributed by atoms with Crippen LogP contribution in [0.25, 0.3) is 11.4 Å². The molecule has 3 aromatic rings. The number of hydrogen-bond donors (Lipinski definition) is 1. The Morgan fingerprint density at radius 3 is 2.74 bits per heavy atom. The van der Waals surface area contributed by atoms with Crippen LogP contribution in [0.4, 0.5) is 5.69 Å². The molecule has 23 heavy (non-hydrogen) atoms. The van der Waals surface area contributed by atoms with E-state index in [0.717, 1.165) is 5.56 Å². The van der Waals surface area contributed by atoms with Crippen molar-refractivity contribution in [1.82, 2.24) is 19.9 Å². The van der Waals surface area contributed by atoms with Crippen molar-refractivity contribution in [2.45, 2.75) is 0 Å². The van der Waals surface area contributed by atoms with Gasteiger partial charge in [-0.2, -0.15) is 14.9 Å². The van der Waals surface area contributed by atoms with Crippen LogP contribution in [0, 0.1) is 14.9 Å². The summed E-state index contributed by atoms with van der Waals surface area (Å²) in [6.07, 6.45) is 4.87. The second-order valence-electron chi connectivity index (χ2n) is 4.50. The first-order valence-corrected chi connectivity index (χ1v) is 6.92. The number of nitrogens with one attached hydrogen (secondary N) is 1. The molecule has 0 spiro atoms. The normalized spacial score (nSPS) is 11.0. The zero-order valence-electron chi connectivity index (χ0n) is 11.7. The maximum atomic E-state index is 10.6. The number of nitro benzene ring substituents is 1. The van der Waals surface area contributed by atoms with Gasteiger partial charge in [0.25, 0.3) is 5.69 Å². The topological polar surface area (TPSA) is 102 Å². The van der Waals surface area contributed by atoms with Crippen LogP contribution in [-0.2, 0) is 0 Å². The Bertz CT molecular complexity index is 914. The fourth-order valence-corrected chi connectivity index (χ4v) is 2.07. The van der Waals surface area contributed by atoms with Crippen LogP contribution >= 0.6 is 12.2 Å². The number of nitrogens with zero attached hydrogens (tertiary/aromatic N) is 5. The molecule has 9 heteroatoms. The number of aromatic nitrogens is 4. The molecular weight excluding hydrogens is 316 g/mol. The predicted molar refractivity (Wildman–Crippen MR) is 86.7 cm³/mol. The van der Waals surface area contributed by atoms with Gasteiger partial charge in [-0.25, -0.2) is 5.10 Å². The maximum absolute atomic E-state index is 10.6. The van der Waals surface area contributed by atoms with Gasteiger partial charge in [0.05, 0.1) is 11.1 Å². The molecule has 0 unspecified atom stereocenters. The molecule has 0 bridgehead atoms. The first-order chi connectivity index (χ1) is 11.1. The minimum Gasteiger partial charge on any atom is -0.264 e. The predicted octanol–water partition coefficient (Wildman–Crippen LogP) is 2.79. The monoisotopic (exact) mass is 326 g/mol. The third-order valence-electron chi connectivity index (χ3n) is 3.00. The molecule has 1 aromatic carbocycles. The molecule has 8 nitrogen and oxygen atoms in total. The number of non-ortho nitro benzene ring substituents is 1. The minimum atomic E-state index is -0.451. The summed E-state index contributed by atoms with van der Waals surface area (Å²) in [4.78, 5) is 14.2. The lowest BCUT2D eigenvalue weighted by Crippen LogP contribution is -1.95. The van der Waals surface area contributed by atoms with E-state index in [-0.39, 0.29) is 5.69 Å². The van der Waals surface area contributed by atoms with Gasteiger partial charge in [-0.3, -0.25) is 15.1 Å². The van der Waals surface area contributed by atoms with Crippen molar-refractivity contribution in [1.29, 1.82) is 0 Å². The zero-order valence-corrected chi connectivity index (χ0v) is 12.5. The summed E-state index contributed by atoms with van der Waals surface area (Å²) < 4.78 is 1.80. The summed E-state index contributed by atoms with van der Waals surface area (Å²) in [5.41, 5.74) is 1.50.